The molecule has 0 aromatic heterocycles. The van der Waals surface area contributed by atoms with Gasteiger partial charge in [-0.05, 0) is 36.7 Å². The predicted molar refractivity (Wildman–Crippen MR) is 67.9 cm³/mol. The molecule has 2 rings (SSSR count). The molecule has 1 aliphatic carbocycles. The summed E-state index contributed by atoms with van der Waals surface area (Å²) in [4.78, 5) is 0. The summed E-state index contributed by atoms with van der Waals surface area (Å²) in [7, 11) is 0. The summed E-state index contributed by atoms with van der Waals surface area (Å²) in [6.07, 6.45) is 9.48. The molecule has 1 saturated carbocycles. The van der Waals surface area contributed by atoms with E-state index in [0.717, 1.165) is 19.3 Å². The molecule has 0 amide bonds. The van der Waals surface area contributed by atoms with Crippen molar-refractivity contribution in [3.63, 3.8) is 0 Å². The largest absolute Gasteiger partial charge is 0.327 e. The van der Waals surface area contributed by atoms with E-state index in [1.807, 2.05) is 0 Å². The van der Waals surface area contributed by atoms with Crippen LogP contribution in [0.5, 0.6) is 0 Å². The average Bonchev–Trinajstić information content (AvgIpc) is 3.10. The van der Waals surface area contributed by atoms with Crippen LogP contribution in [-0.4, -0.2) is 6.04 Å². The number of terminal acetylenes is 1. The van der Waals surface area contributed by atoms with Crippen LogP contribution in [0.4, 0.5) is 0 Å². The summed E-state index contributed by atoms with van der Waals surface area (Å²) in [5.41, 5.74) is 7.62. The highest BCUT2D eigenvalue weighted by Gasteiger charge is 2.41. The Bertz CT molecular complexity index is 363. The van der Waals surface area contributed by atoms with E-state index in [1.54, 1.807) is 0 Å². The molecular formula is C15H19N. The first-order chi connectivity index (χ1) is 7.83. The average molecular weight is 213 g/mol. The van der Waals surface area contributed by atoms with Crippen molar-refractivity contribution in [2.75, 3.05) is 0 Å². The number of hydrogen-bond acceptors (Lipinski definition) is 1. The van der Waals surface area contributed by atoms with Crippen LogP contribution in [-0.2, 0) is 0 Å². The third-order valence-electron chi connectivity index (χ3n) is 3.48. The summed E-state index contributed by atoms with van der Waals surface area (Å²) in [5, 5.41) is 0. The monoisotopic (exact) mass is 213 g/mol. The summed E-state index contributed by atoms with van der Waals surface area (Å²) < 4.78 is 0. The number of rotatable bonds is 5. The third-order valence-corrected chi connectivity index (χ3v) is 3.48. The van der Waals surface area contributed by atoms with Gasteiger partial charge in [-0.3, -0.25) is 0 Å². The number of benzene rings is 1. The van der Waals surface area contributed by atoms with Gasteiger partial charge >= 0.3 is 0 Å². The fraction of sp³-hybridized carbons (Fsp3) is 0.467. The normalized spacial score (nSPS) is 24.8. The molecule has 0 saturated heterocycles. The maximum absolute atomic E-state index is 6.18. The minimum absolute atomic E-state index is 0.332. The van der Waals surface area contributed by atoms with Crippen molar-refractivity contribution >= 4 is 0 Å². The first-order valence-corrected chi connectivity index (χ1v) is 6.07. The molecule has 1 aromatic carbocycles. The van der Waals surface area contributed by atoms with Crippen LogP contribution in [0.2, 0.25) is 0 Å². The molecule has 1 nitrogen and oxygen atoms in total. The van der Waals surface area contributed by atoms with Gasteiger partial charge in [-0.1, -0.05) is 30.3 Å². The Morgan fingerprint density at radius 3 is 2.81 bits per heavy atom. The molecule has 0 aliphatic heterocycles. The number of hydrogen-bond donors (Lipinski definition) is 1. The second-order valence-corrected chi connectivity index (χ2v) is 4.68. The van der Waals surface area contributed by atoms with Gasteiger partial charge in [-0.15, -0.1) is 12.3 Å². The molecule has 0 heterocycles. The summed E-state index contributed by atoms with van der Waals surface area (Å²) >= 11 is 0. The molecule has 1 heteroatoms. The SMILES string of the molecule is C#CCCCC(N)C1CC1c1ccccc1. The van der Waals surface area contributed by atoms with E-state index in [4.69, 9.17) is 12.2 Å². The van der Waals surface area contributed by atoms with Crippen LogP contribution in [0, 0.1) is 18.3 Å². The van der Waals surface area contributed by atoms with E-state index in [1.165, 1.54) is 12.0 Å². The predicted octanol–water partition coefficient (Wildman–Crippen LogP) is 2.92. The van der Waals surface area contributed by atoms with Gasteiger partial charge in [0.05, 0.1) is 0 Å². The van der Waals surface area contributed by atoms with E-state index >= 15 is 0 Å². The van der Waals surface area contributed by atoms with Crippen LogP contribution in [0.15, 0.2) is 30.3 Å². The van der Waals surface area contributed by atoms with Crippen LogP contribution in [0.25, 0.3) is 0 Å². The standard InChI is InChI=1S/C15H19N/c1-2-3-5-10-15(16)14-11-13(14)12-8-6-4-7-9-12/h1,4,6-9,13-15H,3,5,10-11,16H2. The van der Waals surface area contributed by atoms with Crippen molar-refractivity contribution in [3.8, 4) is 12.3 Å². The first-order valence-electron chi connectivity index (χ1n) is 6.07. The Morgan fingerprint density at radius 2 is 2.12 bits per heavy atom. The minimum Gasteiger partial charge on any atom is -0.327 e. The second-order valence-electron chi connectivity index (χ2n) is 4.68. The van der Waals surface area contributed by atoms with Gasteiger partial charge in [0.1, 0.15) is 0 Å². The van der Waals surface area contributed by atoms with Crippen molar-refractivity contribution in [2.45, 2.75) is 37.6 Å². The molecule has 3 atom stereocenters. The number of nitrogens with two attached hydrogens (primary N) is 1. The van der Waals surface area contributed by atoms with Crippen molar-refractivity contribution in [1.82, 2.24) is 0 Å². The van der Waals surface area contributed by atoms with Crippen molar-refractivity contribution < 1.29 is 0 Å². The molecule has 84 valence electrons. The van der Waals surface area contributed by atoms with Gasteiger partial charge < -0.3 is 5.73 Å². The summed E-state index contributed by atoms with van der Waals surface area (Å²) in [6.45, 7) is 0. The lowest BCUT2D eigenvalue weighted by molar-refractivity contribution is 0.523. The molecule has 1 aliphatic rings. The van der Waals surface area contributed by atoms with E-state index in [-0.39, 0.29) is 0 Å². The Hall–Kier alpha value is -1.26. The topological polar surface area (TPSA) is 26.0 Å². The molecule has 1 aromatic rings. The molecule has 0 bridgehead atoms. The lowest BCUT2D eigenvalue weighted by Gasteiger charge is -2.10. The Morgan fingerprint density at radius 1 is 1.38 bits per heavy atom. The van der Waals surface area contributed by atoms with Gasteiger partial charge in [-0.2, -0.15) is 0 Å². The molecule has 1 fully saturated rings. The van der Waals surface area contributed by atoms with Gasteiger partial charge in [0.2, 0.25) is 0 Å². The van der Waals surface area contributed by atoms with Crippen LogP contribution < -0.4 is 5.73 Å². The van der Waals surface area contributed by atoms with Crippen molar-refractivity contribution in [1.29, 1.82) is 0 Å². The van der Waals surface area contributed by atoms with E-state index in [9.17, 15) is 0 Å². The van der Waals surface area contributed by atoms with Crippen LogP contribution in [0.3, 0.4) is 0 Å². The zero-order valence-electron chi connectivity index (χ0n) is 9.60. The maximum atomic E-state index is 6.18. The smallest absolute Gasteiger partial charge is 0.00866 e. The summed E-state index contributed by atoms with van der Waals surface area (Å²) in [6, 6.07) is 11.0. The van der Waals surface area contributed by atoms with Gasteiger partial charge in [0, 0.05) is 12.5 Å². The molecule has 3 unspecified atom stereocenters. The maximum Gasteiger partial charge on any atom is 0.00866 e. The third kappa shape index (κ3) is 2.65. The van der Waals surface area contributed by atoms with Crippen molar-refractivity contribution in [2.24, 2.45) is 11.7 Å². The molecule has 16 heavy (non-hydrogen) atoms. The van der Waals surface area contributed by atoms with Crippen LogP contribution >= 0.6 is 0 Å². The fourth-order valence-corrected chi connectivity index (χ4v) is 2.43. The van der Waals surface area contributed by atoms with Crippen molar-refractivity contribution in [3.05, 3.63) is 35.9 Å². The highest BCUT2D eigenvalue weighted by molar-refractivity contribution is 5.26. The summed E-state index contributed by atoms with van der Waals surface area (Å²) in [5.74, 6) is 4.05. The molecule has 0 radical (unpaired) electrons. The minimum atomic E-state index is 0.332. The quantitative estimate of drug-likeness (QED) is 0.590. The lowest BCUT2D eigenvalue weighted by atomic mass is 10.0. The van der Waals surface area contributed by atoms with E-state index in [2.05, 4.69) is 36.3 Å². The Balaban J connectivity index is 1.81. The fourth-order valence-electron chi connectivity index (χ4n) is 2.43. The molecular weight excluding hydrogens is 194 g/mol. The molecule has 0 spiro atoms. The molecule has 2 N–H and O–H groups in total. The Kier molecular flexibility index (Phi) is 3.64. The lowest BCUT2D eigenvalue weighted by Crippen LogP contribution is -2.22. The van der Waals surface area contributed by atoms with Gasteiger partial charge in [0.25, 0.3) is 0 Å². The number of unbranched alkanes of at least 4 members (excludes halogenated alkanes) is 1. The van der Waals surface area contributed by atoms with E-state index < -0.39 is 0 Å². The highest BCUT2D eigenvalue weighted by Crippen LogP contribution is 2.49. The van der Waals surface area contributed by atoms with Gasteiger partial charge in [0.15, 0.2) is 0 Å². The zero-order chi connectivity index (χ0) is 11.4. The van der Waals surface area contributed by atoms with Crippen LogP contribution in [0.1, 0.15) is 37.2 Å². The van der Waals surface area contributed by atoms with E-state index in [0.29, 0.717) is 17.9 Å². The Labute approximate surface area is 98.0 Å². The highest BCUT2D eigenvalue weighted by atomic mass is 14.7. The first kappa shape index (κ1) is 11.2. The second kappa shape index (κ2) is 5.18. The van der Waals surface area contributed by atoms with Gasteiger partial charge in [-0.25, -0.2) is 0 Å². The zero-order valence-corrected chi connectivity index (χ0v) is 9.60.